The molecular weight excluding hydrogens is 332 g/mol. The van der Waals surface area contributed by atoms with E-state index in [0.717, 1.165) is 30.2 Å². The minimum atomic E-state index is -0.729. The molecule has 0 aromatic heterocycles. The van der Waals surface area contributed by atoms with Crippen molar-refractivity contribution in [1.29, 1.82) is 0 Å². The van der Waals surface area contributed by atoms with E-state index >= 15 is 0 Å². The number of halogens is 1. The fraction of sp³-hybridized carbons (Fsp3) is 0.588. The predicted molar refractivity (Wildman–Crippen MR) is 93.1 cm³/mol. The Labute approximate surface area is 148 Å². The summed E-state index contributed by atoms with van der Waals surface area (Å²) in [6.45, 7) is 4.67. The van der Waals surface area contributed by atoms with Gasteiger partial charge in [-0.1, -0.05) is 6.07 Å². The van der Waals surface area contributed by atoms with Gasteiger partial charge in [0, 0.05) is 7.11 Å². The Bertz CT molecular complexity index is 576. The van der Waals surface area contributed by atoms with Crippen LogP contribution >= 0.6 is 12.4 Å². The molecule has 0 aliphatic carbocycles. The number of carbonyl (C=O) groups excluding carboxylic acids is 1. The summed E-state index contributed by atoms with van der Waals surface area (Å²) in [7, 11) is 1.61. The summed E-state index contributed by atoms with van der Waals surface area (Å²) in [5, 5.41) is 6.33. The average Bonchev–Trinajstić information content (AvgIpc) is 2.61. The minimum Gasteiger partial charge on any atom is -0.486 e. The average molecular weight is 357 g/mol. The van der Waals surface area contributed by atoms with E-state index in [1.165, 1.54) is 0 Å². The van der Waals surface area contributed by atoms with Gasteiger partial charge in [-0.2, -0.15) is 0 Å². The summed E-state index contributed by atoms with van der Waals surface area (Å²) >= 11 is 0. The molecule has 134 valence electrons. The van der Waals surface area contributed by atoms with Crippen molar-refractivity contribution in [2.75, 3.05) is 33.4 Å². The number of rotatable bonds is 4. The van der Waals surface area contributed by atoms with E-state index in [0.29, 0.717) is 26.1 Å². The Balaban J connectivity index is 0.00000208. The molecule has 0 radical (unpaired) electrons. The highest BCUT2D eigenvalue weighted by Gasteiger charge is 2.40. The third-order valence-corrected chi connectivity index (χ3v) is 4.63. The number of amides is 1. The van der Waals surface area contributed by atoms with Crippen molar-refractivity contribution in [3.05, 3.63) is 23.8 Å². The van der Waals surface area contributed by atoms with Gasteiger partial charge in [-0.25, -0.2) is 0 Å². The Morgan fingerprint density at radius 1 is 1.25 bits per heavy atom. The summed E-state index contributed by atoms with van der Waals surface area (Å²) in [5.74, 6) is 1.44. The maximum absolute atomic E-state index is 12.7. The van der Waals surface area contributed by atoms with Gasteiger partial charge in [-0.15, -0.1) is 12.4 Å². The quantitative estimate of drug-likeness (QED) is 0.861. The molecule has 0 spiro atoms. The van der Waals surface area contributed by atoms with Crippen LogP contribution in [0.3, 0.4) is 0 Å². The van der Waals surface area contributed by atoms with E-state index in [1.807, 2.05) is 25.1 Å². The van der Waals surface area contributed by atoms with Crippen molar-refractivity contribution in [3.63, 3.8) is 0 Å². The molecule has 1 aromatic rings. The second-order valence-corrected chi connectivity index (χ2v) is 6.05. The van der Waals surface area contributed by atoms with Crippen LogP contribution in [0.2, 0.25) is 0 Å². The van der Waals surface area contributed by atoms with Gasteiger partial charge in [0.15, 0.2) is 11.5 Å². The molecule has 0 bridgehead atoms. The Morgan fingerprint density at radius 2 is 1.92 bits per heavy atom. The monoisotopic (exact) mass is 356 g/mol. The molecule has 1 fully saturated rings. The molecule has 1 saturated heterocycles. The molecule has 3 rings (SSSR count). The van der Waals surface area contributed by atoms with Crippen molar-refractivity contribution in [2.45, 2.75) is 31.4 Å². The van der Waals surface area contributed by atoms with Crippen LogP contribution in [-0.4, -0.2) is 44.9 Å². The topological polar surface area (TPSA) is 68.8 Å². The van der Waals surface area contributed by atoms with Crippen molar-refractivity contribution in [1.82, 2.24) is 10.6 Å². The van der Waals surface area contributed by atoms with Crippen LogP contribution in [0.1, 0.15) is 31.4 Å². The molecule has 2 aliphatic rings. The lowest BCUT2D eigenvalue weighted by Gasteiger charge is -2.35. The van der Waals surface area contributed by atoms with Gasteiger partial charge in [-0.05, 0) is 50.6 Å². The molecule has 24 heavy (non-hydrogen) atoms. The third-order valence-electron chi connectivity index (χ3n) is 4.63. The molecule has 2 aliphatic heterocycles. The van der Waals surface area contributed by atoms with Crippen LogP contribution in [0, 0.1) is 0 Å². The van der Waals surface area contributed by atoms with E-state index in [2.05, 4.69) is 10.6 Å². The molecule has 1 aromatic carbocycles. The Kier molecular flexibility index (Phi) is 6.32. The van der Waals surface area contributed by atoms with Crippen LogP contribution in [0.4, 0.5) is 0 Å². The number of benzene rings is 1. The number of nitrogens with one attached hydrogen (secondary N) is 2. The largest absolute Gasteiger partial charge is 0.486 e. The zero-order valence-corrected chi connectivity index (χ0v) is 14.9. The molecule has 2 N–H and O–H groups in total. The van der Waals surface area contributed by atoms with Crippen molar-refractivity contribution >= 4 is 18.3 Å². The van der Waals surface area contributed by atoms with Crippen molar-refractivity contribution in [3.8, 4) is 11.5 Å². The first kappa shape index (κ1) is 18.8. The smallest absolute Gasteiger partial charge is 0.252 e. The Hall–Kier alpha value is -1.50. The van der Waals surface area contributed by atoms with Gasteiger partial charge in [0.25, 0.3) is 5.91 Å². The highest BCUT2D eigenvalue weighted by molar-refractivity contribution is 5.86. The van der Waals surface area contributed by atoms with Gasteiger partial charge in [0.2, 0.25) is 0 Å². The zero-order valence-electron chi connectivity index (χ0n) is 14.1. The van der Waals surface area contributed by atoms with Crippen LogP contribution in [0.25, 0.3) is 0 Å². The lowest BCUT2D eigenvalue weighted by molar-refractivity contribution is -0.147. The lowest BCUT2D eigenvalue weighted by atomic mass is 9.90. The summed E-state index contributed by atoms with van der Waals surface area (Å²) in [6, 6.07) is 5.66. The number of hydrogen-bond acceptors (Lipinski definition) is 5. The van der Waals surface area contributed by atoms with Crippen LogP contribution < -0.4 is 20.1 Å². The number of ether oxygens (including phenoxy) is 3. The fourth-order valence-electron chi connectivity index (χ4n) is 3.10. The zero-order chi connectivity index (χ0) is 16.3. The van der Waals surface area contributed by atoms with Gasteiger partial charge in [-0.3, -0.25) is 4.79 Å². The van der Waals surface area contributed by atoms with Gasteiger partial charge < -0.3 is 24.8 Å². The van der Waals surface area contributed by atoms with Crippen LogP contribution in [0.15, 0.2) is 18.2 Å². The summed E-state index contributed by atoms with van der Waals surface area (Å²) < 4.78 is 16.7. The fourth-order valence-corrected chi connectivity index (χ4v) is 3.10. The SMILES string of the molecule is COC1(C(=O)NC(C)c2ccc3c(c2)OCCO3)CCNCC1.Cl. The molecule has 6 nitrogen and oxygen atoms in total. The van der Waals surface area contributed by atoms with Crippen molar-refractivity contribution in [2.24, 2.45) is 0 Å². The number of carbonyl (C=O) groups is 1. The van der Waals surface area contributed by atoms with E-state index < -0.39 is 5.60 Å². The number of hydrogen-bond donors (Lipinski definition) is 2. The van der Waals surface area contributed by atoms with E-state index in [-0.39, 0.29) is 24.4 Å². The molecular formula is C17H25ClN2O4. The summed E-state index contributed by atoms with van der Waals surface area (Å²) in [5.41, 5.74) is 0.260. The van der Waals surface area contributed by atoms with Crippen LogP contribution in [-0.2, 0) is 9.53 Å². The molecule has 1 unspecified atom stereocenters. The Morgan fingerprint density at radius 3 is 2.58 bits per heavy atom. The number of piperidine rings is 1. The maximum Gasteiger partial charge on any atom is 0.252 e. The normalized spacial score (nSPS) is 19.8. The van der Waals surface area contributed by atoms with Gasteiger partial charge in [0.05, 0.1) is 6.04 Å². The standard InChI is InChI=1S/C17H24N2O4.ClH/c1-12(13-3-4-14-15(11-13)23-10-9-22-14)19-16(20)17(21-2)5-7-18-8-6-17;/h3-4,11-12,18H,5-10H2,1-2H3,(H,19,20);1H. The van der Waals surface area contributed by atoms with E-state index in [4.69, 9.17) is 14.2 Å². The van der Waals surface area contributed by atoms with E-state index in [1.54, 1.807) is 7.11 Å². The maximum atomic E-state index is 12.7. The second-order valence-electron chi connectivity index (χ2n) is 6.05. The predicted octanol–water partition coefficient (Wildman–Crippen LogP) is 1.83. The van der Waals surface area contributed by atoms with Crippen molar-refractivity contribution < 1.29 is 19.0 Å². The highest BCUT2D eigenvalue weighted by atomic mass is 35.5. The van der Waals surface area contributed by atoms with Crippen LogP contribution in [0.5, 0.6) is 11.5 Å². The molecule has 7 heteroatoms. The highest BCUT2D eigenvalue weighted by Crippen LogP contribution is 2.33. The first-order chi connectivity index (χ1) is 11.1. The van der Waals surface area contributed by atoms with Gasteiger partial charge in [0.1, 0.15) is 18.8 Å². The lowest BCUT2D eigenvalue weighted by Crippen LogP contribution is -2.54. The minimum absolute atomic E-state index is 0. The second kappa shape index (κ2) is 8.05. The molecule has 1 atom stereocenters. The first-order valence-electron chi connectivity index (χ1n) is 8.11. The molecule has 0 saturated carbocycles. The summed E-state index contributed by atoms with van der Waals surface area (Å²) in [4.78, 5) is 12.7. The first-order valence-corrected chi connectivity index (χ1v) is 8.11. The van der Waals surface area contributed by atoms with Gasteiger partial charge >= 0.3 is 0 Å². The number of methoxy groups -OCH3 is 1. The van der Waals surface area contributed by atoms with E-state index in [9.17, 15) is 4.79 Å². The summed E-state index contributed by atoms with van der Waals surface area (Å²) in [6.07, 6.45) is 1.37. The number of fused-ring (bicyclic) bond motifs is 1. The third kappa shape index (κ3) is 3.77. The molecule has 2 heterocycles. The molecule has 1 amide bonds.